The number of hydrogen-bond donors (Lipinski definition) is 2. The second-order valence-corrected chi connectivity index (χ2v) is 4.64. The molecule has 0 bridgehead atoms. The lowest BCUT2D eigenvalue weighted by atomic mass is 9.87. The van der Waals surface area contributed by atoms with Gasteiger partial charge in [0.15, 0.2) is 0 Å². The van der Waals surface area contributed by atoms with E-state index in [1.54, 1.807) is 6.21 Å². The Morgan fingerprint density at radius 1 is 1.12 bits per heavy atom. The molecule has 0 amide bonds. The van der Waals surface area contributed by atoms with Crippen molar-refractivity contribution in [1.29, 1.82) is 0 Å². The summed E-state index contributed by atoms with van der Waals surface area (Å²) in [6.07, 6.45) is 1.62. The summed E-state index contributed by atoms with van der Waals surface area (Å²) < 4.78 is 0. The van der Waals surface area contributed by atoms with Crippen molar-refractivity contribution in [3.8, 4) is 0 Å². The Bertz CT molecular complexity index is 398. The normalized spacial score (nSPS) is 11.0. The van der Waals surface area contributed by atoms with Crippen LogP contribution in [0.3, 0.4) is 0 Å². The van der Waals surface area contributed by atoms with E-state index in [0.717, 1.165) is 5.56 Å². The number of guanidine groups is 1. The van der Waals surface area contributed by atoms with E-state index in [9.17, 15) is 0 Å². The summed E-state index contributed by atoms with van der Waals surface area (Å²) >= 11 is 0. The van der Waals surface area contributed by atoms with Gasteiger partial charge in [0.25, 0.3) is 0 Å². The highest BCUT2D eigenvalue weighted by Crippen LogP contribution is 2.21. The van der Waals surface area contributed by atoms with E-state index in [2.05, 4.69) is 43.1 Å². The van der Waals surface area contributed by atoms with Crippen molar-refractivity contribution in [2.45, 2.75) is 26.2 Å². The van der Waals surface area contributed by atoms with Gasteiger partial charge in [-0.1, -0.05) is 45.0 Å². The zero-order valence-electron chi connectivity index (χ0n) is 10.3. The van der Waals surface area contributed by atoms with Crippen LogP contribution in [-0.2, 0) is 5.41 Å². The summed E-state index contributed by atoms with van der Waals surface area (Å²) in [7, 11) is 0. The molecule has 4 nitrogen and oxygen atoms in total. The fourth-order valence-corrected chi connectivity index (χ4v) is 1.23. The Kier molecular flexibility index (Phi) is 5.68. The van der Waals surface area contributed by atoms with E-state index < -0.39 is 0 Å². The quantitative estimate of drug-likeness (QED) is 0.481. The van der Waals surface area contributed by atoms with Crippen LogP contribution in [0.2, 0.25) is 0 Å². The van der Waals surface area contributed by atoms with Crippen molar-refractivity contribution in [2.24, 2.45) is 21.7 Å². The van der Waals surface area contributed by atoms with Gasteiger partial charge in [0.2, 0.25) is 5.96 Å². The average molecular weight is 255 g/mol. The highest BCUT2D eigenvalue weighted by Gasteiger charge is 2.12. The first-order chi connectivity index (χ1) is 7.39. The molecule has 0 aromatic heterocycles. The highest BCUT2D eigenvalue weighted by atomic mass is 35.5. The molecule has 4 N–H and O–H groups in total. The maximum atomic E-state index is 5.15. The number of nitrogens with two attached hydrogens (primary N) is 2. The van der Waals surface area contributed by atoms with E-state index in [1.807, 2.05) is 12.1 Å². The molecule has 0 heterocycles. The largest absolute Gasteiger partial charge is 0.369 e. The Morgan fingerprint density at radius 3 is 2.06 bits per heavy atom. The van der Waals surface area contributed by atoms with Crippen molar-refractivity contribution in [3.63, 3.8) is 0 Å². The number of hydrogen-bond acceptors (Lipinski definition) is 2. The van der Waals surface area contributed by atoms with Gasteiger partial charge in [0, 0.05) is 0 Å². The molecule has 0 aliphatic heterocycles. The molecule has 0 radical (unpaired) electrons. The lowest BCUT2D eigenvalue weighted by Gasteiger charge is -2.18. The number of rotatable bonds is 2. The van der Waals surface area contributed by atoms with Gasteiger partial charge in [0.05, 0.1) is 6.21 Å². The van der Waals surface area contributed by atoms with Gasteiger partial charge in [-0.3, -0.25) is 0 Å². The highest BCUT2D eigenvalue weighted by molar-refractivity contribution is 5.85. The van der Waals surface area contributed by atoms with Crippen LogP contribution in [0.4, 0.5) is 0 Å². The SMILES string of the molecule is CC(C)(C)c1ccc(/C=N/N=C(N)N)cc1.Cl. The van der Waals surface area contributed by atoms with Crippen molar-refractivity contribution in [3.05, 3.63) is 35.4 Å². The minimum atomic E-state index is -0.0393. The summed E-state index contributed by atoms with van der Waals surface area (Å²) in [4.78, 5) is 0. The number of halogens is 1. The Balaban J connectivity index is 0.00000256. The van der Waals surface area contributed by atoms with Gasteiger partial charge >= 0.3 is 0 Å². The predicted octanol–water partition coefficient (Wildman–Crippen LogP) is 2.01. The zero-order valence-corrected chi connectivity index (χ0v) is 11.2. The molecule has 0 saturated carbocycles. The minimum absolute atomic E-state index is 0. The van der Waals surface area contributed by atoms with E-state index in [0.29, 0.717) is 0 Å². The average Bonchev–Trinajstić information content (AvgIpc) is 2.16. The molecular weight excluding hydrogens is 236 g/mol. The fraction of sp³-hybridized carbons (Fsp3) is 0.333. The number of nitrogens with zero attached hydrogens (tertiary/aromatic N) is 2. The van der Waals surface area contributed by atoms with Crippen molar-refractivity contribution in [2.75, 3.05) is 0 Å². The molecule has 0 unspecified atom stereocenters. The molecule has 1 rings (SSSR count). The molecule has 5 heteroatoms. The van der Waals surface area contributed by atoms with Crippen molar-refractivity contribution >= 4 is 24.6 Å². The first-order valence-electron chi connectivity index (χ1n) is 5.12. The van der Waals surface area contributed by atoms with Crippen LogP contribution in [0.5, 0.6) is 0 Å². The van der Waals surface area contributed by atoms with Crippen LogP contribution < -0.4 is 11.5 Å². The van der Waals surface area contributed by atoms with Gasteiger partial charge in [-0.15, -0.1) is 17.5 Å². The number of benzene rings is 1. The van der Waals surface area contributed by atoms with Gasteiger partial charge in [0.1, 0.15) is 0 Å². The molecule has 0 atom stereocenters. The second kappa shape index (κ2) is 6.25. The Hall–Kier alpha value is -1.55. The van der Waals surface area contributed by atoms with E-state index in [-0.39, 0.29) is 23.8 Å². The smallest absolute Gasteiger partial charge is 0.211 e. The summed E-state index contributed by atoms with van der Waals surface area (Å²) in [5.41, 5.74) is 12.7. The van der Waals surface area contributed by atoms with Crippen LogP contribution in [0.15, 0.2) is 34.5 Å². The van der Waals surface area contributed by atoms with Crippen LogP contribution in [-0.4, -0.2) is 12.2 Å². The molecule has 0 aliphatic carbocycles. The monoisotopic (exact) mass is 254 g/mol. The van der Waals surface area contributed by atoms with E-state index in [1.165, 1.54) is 5.56 Å². The predicted molar refractivity (Wildman–Crippen MR) is 75.8 cm³/mol. The molecule has 1 aromatic rings. The van der Waals surface area contributed by atoms with Crippen LogP contribution in [0.25, 0.3) is 0 Å². The van der Waals surface area contributed by atoms with Gasteiger partial charge in [-0.2, -0.15) is 5.10 Å². The molecule has 94 valence electrons. The summed E-state index contributed by atoms with van der Waals surface area (Å²) in [5, 5.41) is 7.28. The minimum Gasteiger partial charge on any atom is -0.369 e. The summed E-state index contributed by atoms with van der Waals surface area (Å²) in [6.45, 7) is 6.53. The lowest BCUT2D eigenvalue weighted by molar-refractivity contribution is 0.590. The third kappa shape index (κ3) is 5.36. The van der Waals surface area contributed by atoms with E-state index in [4.69, 9.17) is 11.5 Å². The lowest BCUT2D eigenvalue weighted by Crippen LogP contribution is -2.21. The Labute approximate surface area is 108 Å². The van der Waals surface area contributed by atoms with E-state index >= 15 is 0 Å². The molecule has 0 fully saturated rings. The molecule has 0 spiro atoms. The van der Waals surface area contributed by atoms with Crippen LogP contribution in [0, 0.1) is 0 Å². The Morgan fingerprint density at radius 2 is 1.65 bits per heavy atom. The maximum Gasteiger partial charge on any atom is 0.211 e. The van der Waals surface area contributed by atoms with Crippen LogP contribution >= 0.6 is 12.4 Å². The van der Waals surface area contributed by atoms with Crippen molar-refractivity contribution < 1.29 is 0 Å². The molecule has 0 saturated heterocycles. The first kappa shape index (κ1) is 15.4. The van der Waals surface area contributed by atoms with Gasteiger partial charge in [-0.05, 0) is 16.5 Å². The zero-order chi connectivity index (χ0) is 12.2. The molecule has 0 aliphatic rings. The molecule has 17 heavy (non-hydrogen) atoms. The standard InChI is InChI=1S/C12H18N4.ClH/c1-12(2,3)10-6-4-9(5-7-10)8-15-16-11(13)14;/h4-8H,1-3H3,(H4,13,14,16);1H/b15-8+;. The first-order valence-corrected chi connectivity index (χ1v) is 5.12. The van der Waals surface area contributed by atoms with Gasteiger partial charge < -0.3 is 11.5 Å². The maximum absolute atomic E-state index is 5.15. The van der Waals surface area contributed by atoms with Gasteiger partial charge in [-0.25, -0.2) is 0 Å². The fourth-order valence-electron chi connectivity index (χ4n) is 1.23. The summed E-state index contributed by atoms with van der Waals surface area (Å²) in [6, 6.07) is 8.15. The third-order valence-electron chi connectivity index (χ3n) is 2.16. The molecule has 1 aromatic carbocycles. The summed E-state index contributed by atoms with van der Waals surface area (Å²) in [5.74, 6) is -0.0393. The topological polar surface area (TPSA) is 76.8 Å². The molecular formula is C12H19ClN4. The van der Waals surface area contributed by atoms with Crippen LogP contribution in [0.1, 0.15) is 31.9 Å². The third-order valence-corrected chi connectivity index (χ3v) is 2.16. The second-order valence-electron chi connectivity index (χ2n) is 4.64. The van der Waals surface area contributed by atoms with Crippen molar-refractivity contribution in [1.82, 2.24) is 0 Å².